The molecule has 1 aromatic carbocycles. The predicted molar refractivity (Wildman–Crippen MR) is 109 cm³/mol. The molecule has 2 rings (SSSR count). The number of ether oxygens (including phenoxy) is 3. The third-order valence-electron chi connectivity index (χ3n) is 4.30. The van der Waals surface area contributed by atoms with E-state index in [1.807, 2.05) is 6.92 Å². The van der Waals surface area contributed by atoms with Gasteiger partial charge in [0, 0.05) is 12.1 Å². The molecule has 1 aromatic rings. The van der Waals surface area contributed by atoms with E-state index >= 15 is 0 Å². The number of hydrogen-bond donors (Lipinski definition) is 1. The van der Waals surface area contributed by atoms with Gasteiger partial charge in [0.15, 0.2) is 27.4 Å². The highest BCUT2D eigenvalue weighted by Crippen LogP contribution is 2.28. The minimum atomic E-state index is -3.10. The molecule has 1 aliphatic rings. The normalized spacial score (nSPS) is 18.9. The first-order valence-corrected chi connectivity index (χ1v) is 11.3. The van der Waals surface area contributed by atoms with Gasteiger partial charge in [0.05, 0.1) is 25.2 Å². The van der Waals surface area contributed by atoms with Gasteiger partial charge in [0.1, 0.15) is 0 Å². The van der Waals surface area contributed by atoms with Crippen LogP contribution in [-0.2, 0) is 24.2 Å². The van der Waals surface area contributed by atoms with Crippen LogP contribution in [0.25, 0.3) is 6.08 Å². The highest BCUT2D eigenvalue weighted by Gasteiger charge is 2.30. The van der Waals surface area contributed by atoms with Crippen LogP contribution in [-0.4, -0.2) is 57.7 Å². The van der Waals surface area contributed by atoms with Gasteiger partial charge in [0.2, 0.25) is 0 Å². The molecule has 0 radical (unpaired) electrons. The number of hydrogen-bond acceptors (Lipinski definition) is 7. The summed E-state index contributed by atoms with van der Waals surface area (Å²) in [6.07, 6.45) is 2.97. The monoisotopic (exact) mass is 425 g/mol. The Labute approximate surface area is 171 Å². The first-order valence-electron chi connectivity index (χ1n) is 9.44. The van der Waals surface area contributed by atoms with Crippen molar-refractivity contribution in [3.63, 3.8) is 0 Å². The largest absolute Gasteiger partial charge is 0.493 e. The highest BCUT2D eigenvalue weighted by molar-refractivity contribution is 7.91. The van der Waals surface area contributed by atoms with Crippen molar-refractivity contribution in [1.29, 1.82) is 0 Å². The van der Waals surface area contributed by atoms with Gasteiger partial charge in [-0.05, 0) is 43.5 Å². The summed E-state index contributed by atoms with van der Waals surface area (Å²) in [5.74, 6) is -0.0638. The van der Waals surface area contributed by atoms with Gasteiger partial charge >= 0.3 is 5.97 Å². The van der Waals surface area contributed by atoms with Crippen LogP contribution in [0.15, 0.2) is 24.3 Å². The maximum atomic E-state index is 12.1. The highest BCUT2D eigenvalue weighted by atomic mass is 32.2. The van der Waals surface area contributed by atoms with E-state index in [9.17, 15) is 18.0 Å². The van der Waals surface area contributed by atoms with Gasteiger partial charge in [-0.25, -0.2) is 13.2 Å². The van der Waals surface area contributed by atoms with Crippen molar-refractivity contribution >= 4 is 27.8 Å². The van der Waals surface area contributed by atoms with Crippen LogP contribution in [0.4, 0.5) is 0 Å². The van der Waals surface area contributed by atoms with E-state index in [-0.39, 0.29) is 11.5 Å². The third kappa shape index (κ3) is 7.08. The Balaban J connectivity index is 1.89. The van der Waals surface area contributed by atoms with Crippen molar-refractivity contribution in [3.05, 3.63) is 29.8 Å². The number of benzene rings is 1. The second-order valence-electron chi connectivity index (χ2n) is 6.78. The van der Waals surface area contributed by atoms with E-state index in [1.165, 1.54) is 20.1 Å². The van der Waals surface area contributed by atoms with Crippen LogP contribution in [0.5, 0.6) is 11.5 Å². The molecule has 8 nitrogen and oxygen atoms in total. The lowest BCUT2D eigenvalue weighted by Crippen LogP contribution is -2.42. The van der Waals surface area contributed by atoms with E-state index in [1.54, 1.807) is 24.3 Å². The summed E-state index contributed by atoms with van der Waals surface area (Å²) in [4.78, 5) is 24.1. The molecule has 0 bridgehead atoms. The zero-order valence-electron chi connectivity index (χ0n) is 16.8. The summed E-state index contributed by atoms with van der Waals surface area (Å²) < 4.78 is 38.9. The lowest BCUT2D eigenvalue weighted by molar-refractivity contribution is -0.150. The number of rotatable bonds is 9. The molecule has 1 heterocycles. The molecule has 0 saturated carbocycles. The summed E-state index contributed by atoms with van der Waals surface area (Å²) in [6, 6.07) is 4.81. The molecule has 0 spiro atoms. The smallest absolute Gasteiger partial charge is 0.331 e. The fourth-order valence-corrected chi connectivity index (χ4v) is 4.45. The Morgan fingerprint density at radius 2 is 2.07 bits per heavy atom. The fraction of sp³-hybridized carbons (Fsp3) is 0.500. The molecule has 0 aromatic heterocycles. The first kappa shape index (κ1) is 22.7. The maximum Gasteiger partial charge on any atom is 0.331 e. The zero-order chi connectivity index (χ0) is 21.4. The topological polar surface area (TPSA) is 108 Å². The number of sulfone groups is 1. The standard InChI is InChI=1S/C20H27NO7S/c1-4-10-27-17-7-5-15(12-18(17)26-3)6-8-19(22)28-14(2)20(23)21-16-9-11-29(24,25)13-16/h5-8,12,14,16H,4,9-11,13H2,1-3H3,(H,21,23)/b8-6+/t14-,16+/m1/s1. The maximum absolute atomic E-state index is 12.1. The number of carbonyl (C=O) groups is 2. The summed E-state index contributed by atoms with van der Waals surface area (Å²) in [5.41, 5.74) is 0.705. The lowest BCUT2D eigenvalue weighted by atomic mass is 10.2. The first-order chi connectivity index (χ1) is 13.7. The number of amides is 1. The summed E-state index contributed by atoms with van der Waals surface area (Å²) in [7, 11) is -1.56. The number of carbonyl (C=O) groups excluding carboxylic acids is 2. The molecule has 1 aliphatic heterocycles. The quantitative estimate of drug-likeness (QED) is 0.474. The second-order valence-corrected chi connectivity index (χ2v) is 9.01. The Bertz CT molecular complexity index is 864. The van der Waals surface area contributed by atoms with Gasteiger partial charge in [-0.1, -0.05) is 13.0 Å². The summed E-state index contributed by atoms with van der Waals surface area (Å²) in [6.45, 7) is 4.02. The zero-order valence-corrected chi connectivity index (χ0v) is 17.7. The minimum absolute atomic E-state index is 0.0561. The predicted octanol–water partition coefficient (Wildman–Crippen LogP) is 1.73. The summed E-state index contributed by atoms with van der Waals surface area (Å²) >= 11 is 0. The fourth-order valence-electron chi connectivity index (χ4n) is 2.78. The number of nitrogens with one attached hydrogen (secondary N) is 1. The summed E-state index contributed by atoms with van der Waals surface area (Å²) in [5, 5.41) is 2.60. The van der Waals surface area contributed by atoms with Crippen LogP contribution >= 0.6 is 0 Å². The van der Waals surface area contributed by atoms with Crippen molar-refractivity contribution in [2.75, 3.05) is 25.2 Å². The molecule has 0 aliphatic carbocycles. The third-order valence-corrected chi connectivity index (χ3v) is 6.07. The van der Waals surface area contributed by atoms with Gasteiger partial charge < -0.3 is 19.5 Å². The van der Waals surface area contributed by atoms with E-state index in [0.717, 1.165) is 6.42 Å². The molecular weight excluding hydrogens is 398 g/mol. The van der Waals surface area contributed by atoms with E-state index < -0.39 is 33.9 Å². The van der Waals surface area contributed by atoms with Crippen LogP contribution in [0, 0.1) is 0 Å². The molecule has 1 fully saturated rings. The molecule has 2 atom stereocenters. The van der Waals surface area contributed by atoms with Crippen molar-refractivity contribution in [2.45, 2.75) is 38.8 Å². The Kier molecular flexibility index (Phi) is 8.07. The minimum Gasteiger partial charge on any atom is -0.493 e. The van der Waals surface area contributed by atoms with Crippen molar-refractivity contribution in [2.24, 2.45) is 0 Å². The van der Waals surface area contributed by atoms with Crippen LogP contribution in [0.2, 0.25) is 0 Å². The molecule has 1 saturated heterocycles. The van der Waals surface area contributed by atoms with Crippen molar-refractivity contribution < 1.29 is 32.2 Å². The molecule has 0 unspecified atom stereocenters. The number of esters is 1. The molecule has 1 N–H and O–H groups in total. The van der Waals surface area contributed by atoms with Crippen LogP contribution in [0.1, 0.15) is 32.3 Å². The van der Waals surface area contributed by atoms with E-state index in [2.05, 4.69) is 5.32 Å². The van der Waals surface area contributed by atoms with Crippen LogP contribution in [0.3, 0.4) is 0 Å². The lowest BCUT2D eigenvalue weighted by Gasteiger charge is -2.15. The molecule has 1 amide bonds. The Hall–Kier alpha value is -2.55. The molecular formula is C20H27NO7S. The molecule has 29 heavy (non-hydrogen) atoms. The van der Waals surface area contributed by atoms with E-state index in [4.69, 9.17) is 14.2 Å². The molecule has 9 heteroatoms. The van der Waals surface area contributed by atoms with Gasteiger partial charge in [0.25, 0.3) is 5.91 Å². The Morgan fingerprint density at radius 1 is 1.31 bits per heavy atom. The SMILES string of the molecule is CCCOc1ccc(/C=C/C(=O)O[C@H](C)C(=O)N[C@H]2CCS(=O)(=O)C2)cc1OC. The molecule has 160 valence electrons. The van der Waals surface area contributed by atoms with E-state index in [0.29, 0.717) is 30.1 Å². The second kappa shape index (κ2) is 10.3. The van der Waals surface area contributed by atoms with Crippen molar-refractivity contribution in [1.82, 2.24) is 5.32 Å². The van der Waals surface area contributed by atoms with Crippen LogP contribution < -0.4 is 14.8 Å². The van der Waals surface area contributed by atoms with Gasteiger partial charge in [-0.15, -0.1) is 0 Å². The Morgan fingerprint density at radius 3 is 2.69 bits per heavy atom. The number of methoxy groups -OCH3 is 1. The van der Waals surface area contributed by atoms with Crippen molar-refractivity contribution in [3.8, 4) is 11.5 Å². The van der Waals surface area contributed by atoms with Gasteiger partial charge in [-0.2, -0.15) is 0 Å². The average molecular weight is 426 g/mol. The average Bonchev–Trinajstić information content (AvgIpc) is 3.03. The van der Waals surface area contributed by atoms with Gasteiger partial charge in [-0.3, -0.25) is 4.79 Å².